The maximum Gasteiger partial charge on any atom is 0.163 e. The van der Waals surface area contributed by atoms with E-state index in [0.717, 1.165) is 0 Å². The molecule has 6 nitrogen and oxygen atoms in total. The van der Waals surface area contributed by atoms with Crippen LogP contribution in [0.3, 0.4) is 0 Å². The average Bonchev–Trinajstić information content (AvgIpc) is 2.66. The molecule has 0 radical (unpaired) electrons. The Bertz CT molecular complexity index is 927. The molecule has 0 spiro atoms. The first kappa shape index (κ1) is 20.9. The van der Waals surface area contributed by atoms with Crippen LogP contribution in [0.15, 0.2) is 48.6 Å². The van der Waals surface area contributed by atoms with Crippen LogP contribution >= 0.6 is 0 Å². The lowest BCUT2D eigenvalue weighted by Gasteiger charge is -2.05. The molecule has 2 rings (SSSR count). The Morgan fingerprint density at radius 3 is 2.32 bits per heavy atom. The Kier molecular flexibility index (Phi) is 7.12. The number of ether oxygens (including phenoxy) is 1. The van der Waals surface area contributed by atoms with Gasteiger partial charge >= 0.3 is 0 Å². The van der Waals surface area contributed by atoms with E-state index in [9.17, 15) is 24.9 Å². The second-order valence-electron chi connectivity index (χ2n) is 6.19. The maximum atomic E-state index is 12.0. The molecule has 0 aliphatic rings. The van der Waals surface area contributed by atoms with Crippen LogP contribution < -0.4 is 4.74 Å². The molecule has 0 fully saturated rings. The Hall–Kier alpha value is -3.38. The van der Waals surface area contributed by atoms with Crippen LogP contribution in [0.1, 0.15) is 34.8 Å². The van der Waals surface area contributed by atoms with Crippen molar-refractivity contribution >= 4 is 23.7 Å². The first-order chi connectivity index (χ1) is 13.3. The third-order valence-electron chi connectivity index (χ3n) is 3.99. The van der Waals surface area contributed by atoms with Crippen molar-refractivity contribution in [2.24, 2.45) is 0 Å². The fourth-order valence-corrected chi connectivity index (χ4v) is 2.49. The smallest absolute Gasteiger partial charge is 0.163 e. The van der Waals surface area contributed by atoms with Gasteiger partial charge in [-0.3, -0.25) is 9.59 Å². The minimum Gasteiger partial charge on any atom is -0.507 e. The second-order valence-corrected chi connectivity index (χ2v) is 6.19. The molecule has 0 aromatic heterocycles. The summed E-state index contributed by atoms with van der Waals surface area (Å²) < 4.78 is 5.01. The van der Waals surface area contributed by atoms with Crippen molar-refractivity contribution in [2.75, 3.05) is 7.11 Å². The van der Waals surface area contributed by atoms with Gasteiger partial charge < -0.3 is 20.1 Å². The third-order valence-corrected chi connectivity index (χ3v) is 3.99. The highest BCUT2D eigenvalue weighted by Gasteiger charge is 2.08. The lowest BCUT2D eigenvalue weighted by atomic mass is 10.0. The normalized spacial score (nSPS) is 12.4. The zero-order valence-corrected chi connectivity index (χ0v) is 15.6. The largest absolute Gasteiger partial charge is 0.507 e. The van der Waals surface area contributed by atoms with Gasteiger partial charge in [0.2, 0.25) is 0 Å². The summed E-state index contributed by atoms with van der Waals surface area (Å²) in [6.07, 6.45) is 4.84. The van der Waals surface area contributed by atoms with Crippen LogP contribution in [0, 0.1) is 0 Å². The van der Waals surface area contributed by atoms with Gasteiger partial charge in [0, 0.05) is 6.42 Å². The number of carbonyl (C=O) groups excluding carboxylic acids is 2. The quantitative estimate of drug-likeness (QED) is 0.478. The van der Waals surface area contributed by atoms with Crippen molar-refractivity contribution in [3.63, 3.8) is 0 Å². The number of allylic oxidation sites excluding steroid dienone is 1. The minimum atomic E-state index is -0.999. The van der Waals surface area contributed by atoms with E-state index in [1.165, 1.54) is 44.4 Å². The van der Waals surface area contributed by atoms with Gasteiger partial charge in [-0.15, -0.1) is 0 Å². The monoisotopic (exact) mass is 382 g/mol. The number of rotatable bonds is 8. The van der Waals surface area contributed by atoms with Crippen LogP contribution in [-0.2, 0) is 4.79 Å². The Labute approximate surface area is 163 Å². The first-order valence-corrected chi connectivity index (χ1v) is 8.58. The highest BCUT2D eigenvalue weighted by Crippen LogP contribution is 2.26. The van der Waals surface area contributed by atoms with Crippen molar-refractivity contribution < 1.29 is 29.6 Å². The molecule has 6 heteroatoms. The number of phenolic OH excluding ortho intramolecular Hbond substituents is 2. The molecule has 0 saturated carbocycles. The van der Waals surface area contributed by atoms with E-state index < -0.39 is 6.10 Å². The van der Waals surface area contributed by atoms with Crippen molar-refractivity contribution in [1.29, 1.82) is 0 Å². The van der Waals surface area contributed by atoms with E-state index >= 15 is 0 Å². The summed E-state index contributed by atoms with van der Waals surface area (Å²) in [5.74, 6) is -0.333. The molecule has 2 aromatic carbocycles. The van der Waals surface area contributed by atoms with Gasteiger partial charge in [-0.25, -0.2) is 0 Å². The molecule has 0 heterocycles. The van der Waals surface area contributed by atoms with E-state index in [1.807, 2.05) is 0 Å². The molecule has 0 saturated heterocycles. The summed E-state index contributed by atoms with van der Waals surface area (Å²) in [7, 11) is 1.43. The Morgan fingerprint density at radius 2 is 1.68 bits per heavy atom. The summed E-state index contributed by atoms with van der Waals surface area (Å²) in [5, 5.41) is 29.2. The number of phenols is 2. The zero-order chi connectivity index (χ0) is 20.7. The van der Waals surface area contributed by atoms with Gasteiger partial charge in [-0.2, -0.15) is 0 Å². The first-order valence-electron chi connectivity index (χ1n) is 8.58. The summed E-state index contributed by atoms with van der Waals surface area (Å²) in [5.41, 5.74) is 1.50. The molecule has 1 unspecified atom stereocenters. The molecule has 3 N–H and O–H groups in total. The number of methoxy groups -OCH3 is 1. The van der Waals surface area contributed by atoms with Crippen LogP contribution in [0.4, 0.5) is 0 Å². The molecule has 146 valence electrons. The molecule has 28 heavy (non-hydrogen) atoms. The standard InChI is InChI=1S/C22H22O6/c1-14(23)19-11-15(5-9-20(19)26)3-7-17(24)13-18(25)8-4-16-6-10-21(27)22(12-16)28-2/h3-12,17,24,26-27H,13H2,1-2H3/b7-3+,8-4+. The van der Waals surface area contributed by atoms with Gasteiger partial charge in [-0.05, 0) is 48.4 Å². The predicted octanol–water partition coefficient (Wildman–Crippen LogP) is 3.36. The van der Waals surface area contributed by atoms with E-state index in [2.05, 4.69) is 0 Å². The molecule has 1 atom stereocenters. The zero-order valence-electron chi connectivity index (χ0n) is 15.6. The predicted molar refractivity (Wildman–Crippen MR) is 106 cm³/mol. The van der Waals surface area contributed by atoms with Crippen molar-refractivity contribution in [3.05, 3.63) is 65.2 Å². The number of Topliss-reactive ketones (excluding diaryl/α,β-unsaturated/α-hetero) is 1. The Balaban J connectivity index is 1.98. The van der Waals surface area contributed by atoms with Gasteiger partial charge in [0.15, 0.2) is 23.1 Å². The molecular weight excluding hydrogens is 360 g/mol. The number of aliphatic hydroxyl groups excluding tert-OH is 1. The summed E-state index contributed by atoms with van der Waals surface area (Å²) in [6.45, 7) is 1.35. The lowest BCUT2D eigenvalue weighted by Crippen LogP contribution is -2.08. The van der Waals surface area contributed by atoms with Crippen molar-refractivity contribution in [1.82, 2.24) is 0 Å². The maximum absolute atomic E-state index is 12.0. The van der Waals surface area contributed by atoms with Crippen molar-refractivity contribution in [3.8, 4) is 17.2 Å². The van der Waals surface area contributed by atoms with Gasteiger partial charge in [0.05, 0.1) is 18.8 Å². The molecule has 0 aliphatic carbocycles. The number of carbonyl (C=O) groups is 2. The number of hydrogen-bond acceptors (Lipinski definition) is 6. The SMILES string of the molecule is COc1cc(/C=C/C(=O)CC(O)/C=C/c2ccc(O)c(C(C)=O)c2)ccc1O. The van der Waals surface area contributed by atoms with Gasteiger partial charge in [0.25, 0.3) is 0 Å². The second kappa shape index (κ2) is 9.53. The van der Waals surface area contributed by atoms with Crippen molar-refractivity contribution in [2.45, 2.75) is 19.4 Å². The summed E-state index contributed by atoms with van der Waals surface area (Å²) >= 11 is 0. The molecule has 0 bridgehead atoms. The van der Waals surface area contributed by atoms with Crippen LogP contribution in [0.2, 0.25) is 0 Å². The fraction of sp³-hybridized carbons (Fsp3) is 0.182. The fourth-order valence-electron chi connectivity index (χ4n) is 2.49. The average molecular weight is 382 g/mol. The van der Waals surface area contributed by atoms with Gasteiger partial charge in [0.1, 0.15) is 5.75 Å². The lowest BCUT2D eigenvalue weighted by molar-refractivity contribution is -0.115. The van der Waals surface area contributed by atoms with E-state index in [-0.39, 0.29) is 35.0 Å². The highest BCUT2D eigenvalue weighted by atomic mass is 16.5. The van der Waals surface area contributed by atoms with E-state index in [0.29, 0.717) is 16.9 Å². The van der Waals surface area contributed by atoms with Gasteiger partial charge in [-0.1, -0.05) is 30.4 Å². The number of hydrogen-bond donors (Lipinski definition) is 3. The van der Waals surface area contributed by atoms with Crippen LogP contribution in [0.5, 0.6) is 17.2 Å². The van der Waals surface area contributed by atoms with E-state index in [1.54, 1.807) is 30.4 Å². The number of aromatic hydroxyl groups is 2. The molecule has 2 aromatic rings. The number of ketones is 2. The highest BCUT2D eigenvalue weighted by molar-refractivity contribution is 5.97. The topological polar surface area (TPSA) is 104 Å². The van der Waals surface area contributed by atoms with Crippen LogP contribution in [0.25, 0.3) is 12.2 Å². The number of benzene rings is 2. The molecular formula is C22H22O6. The minimum absolute atomic E-state index is 0.00805. The van der Waals surface area contributed by atoms with E-state index in [4.69, 9.17) is 4.74 Å². The summed E-state index contributed by atoms with van der Waals surface area (Å²) in [4.78, 5) is 23.5. The molecule has 0 amide bonds. The third kappa shape index (κ3) is 5.82. The molecule has 0 aliphatic heterocycles. The van der Waals surface area contributed by atoms with Crippen LogP contribution in [-0.4, -0.2) is 40.1 Å². The Morgan fingerprint density at radius 1 is 1.04 bits per heavy atom. The number of aliphatic hydroxyl groups is 1. The summed E-state index contributed by atoms with van der Waals surface area (Å²) in [6, 6.07) is 9.21.